The number of rotatable bonds is 8. The zero-order valence-electron chi connectivity index (χ0n) is 21.6. The highest BCUT2D eigenvalue weighted by Crippen LogP contribution is 2.08. The molecule has 0 spiro atoms. The van der Waals surface area contributed by atoms with Crippen molar-refractivity contribution in [2.75, 3.05) is 13.1 Å². The van der Waals surface area contributed by atoms with Crippen LogP contribution in [0.3, 0.4) is 0 Å². The number of carbonyl (C=O) groups is 4. The second kappa shape index (κ2) is 13.6. The van der Waals surface area contributed by atoms with E-state index in [-0.39, 0.29) is 30.4 Å². The lowest BCUT2D eigenvalue weighted by atomic mass is 10.1. The summed E-state index contributed by atoms with van der Waals surface area (Å²) in [7, 11) is 0. The summed E-state index contributed by atoms with van der Waals surface area (Å²) in [5, 5.41) is 14.6. The molecule has 0 aromatic rings. The van der Waals surface area contributed by atoms with Gasteiger partial charge in [0, 0.05) is 19.7 Å². The van der Waals surface area contributed by atoms with Gasteiger partial charge in [-0.15, -0.1) is 0 Å². The molecule has 1 aliphatic rings. The Labute approximate surface area is 206 Å². The van der Waals surface area contributed by atoms with Crippen LogP contribution in [0, 0.1) is 0 Å². The van der Waals surface area contributed by atoms with Gasteiger partial charge in [-0.1, -0.05) is 0 Å². The first kappa shape index (κ1) is 29.8. The molecule has 0 bridgehead atoms. The average Bonchev–Trinajstić information content (AvgIpc) is 2.59. The molecule has 0 radical (unpaired) electrons. The van der Waals surface area contributed by atoms with Gasteiger partial charge < -0.3 is 20.1 Å². The fourth-order valence-corrected chi connectivity index (χ4v) is 2.61. The van der Waals surface area contributed by atoms with E-state index in [0.29, 0.717) is 12.8 Å². The van der Waals surface area contributed by atoms with Crippen LogP contribution in [0.5, 0.6) is 0 Å². The summed E-state index contributed by atoms with van der Waals surface area (Å²) in [6, 6.07) is -0.694. The molecule has 5 N–H and O–H groups in total. The van der Waals surface area contributed by atoms with E-state index in [4.69, 9.17) is 9.47 Å². The number of nitrogens with one attached hydrogen (secondary N) is 5. The van der Waals surface area contributed by atoms with Crippen molar-refractivity contribution in [1.29, 1.82) is 0 Å². The summed E-state index contributed by atoms with van der Waals surface area (Å²) in [6.07, 6.45) is 1.53. The first-order chi connectivity index (χ1) is 16.1. The van der Waals surface area contributed by atoms with Gasteiger partial charge in [0.2, 0.25) is 17.8 Å². The lowest BCUT2D eigenvalue weighted by Crippen LogP contribution is -2.55. The minimum atomic E-state index is -0.784. The summed E-state index contributed by atoms with van der Waals surface area (Å²) in [6.45, 7) is 12.6. The first-order valence-electron chi connectivity index (χ1n) is 11.5. The Morgan fingerprint density at radius 2 is 1.57 bits per heavy atom. The van der Waals surface area contributed by atoms with Crippen LogP contribution in [-0.4, -0.2) is 72.6 Å². The zero-order chi connectivity index (χ0) is 26.6. The predicted octanol–water partition coefficient (Wildman–Crippen LogP) is 1.14. The van der Waals surface area contributed by atoms with Crippen molar-refractivity contribution in [2.24, 2.45) is 10.1 Å². The van der Waals surface area contributed by atoms with Crippen molar-refractivity contribution in [1.82, 2.24) is 26.7 Å². The second-order valence-corrected chi connectivity index (χ2v) is 9.98. The van der Waals surface area contributed by atoms with Crippen molar-refractivity contribution >= 4 is 36.2 Å². The van der Waals surface area contributed by atoms with Gasteiger partial charge in [-0.3, -0.25) is 25.2 Å². The van der Waals surface area contributed by atoms with Crippen molar-refractivity contribution in [3.63, 3.8) is 0 Å². The minimum absolute atomic E-state index is 0.125. The van der Waals surface area contributed by atoms with E-state index in [1.165, 1.54) is 13.1 Å². The number of guanidine groups is 1. The fourth-order valence-electron chi connectivity index (χ4n) is 2.61. The third-order valence-electron chi connectivity index (χ3n) is 4.13. The monoisotopic (exact) mass is 497 g/mol. The largest absolute Gasteiger partial charge is 0.444 e. The summed E-state index contributed by atoms with van der Waals surface area (Å²) >= 11 is 0. The highest BCUT2D eigenvalue weighted by molar-refractivity contribution is 6.01. The maximum Gasteiger partial charge on any atom is 0.414 e. The van der Waals surface area contributed by atoms with Gasteiger partial charge in [-0.05, 0) is 67.3 Å². The van der Waals surface area contributed by atoms with Gasteiger partial charge in [-0.2, -0.15) is 5.10 Å². The topological polar surface area (TPSA) is 172 Å². The van der Waals surface area contributed by atoms with E-state index in [0.717, 1.165) is 13.0 Å². The van der Waals surface area contributed by atoms with Crippen LogP contribution < -0.4 is 26.7 Å². The third-order valence-corrected chi connectivity index (χ3v) is 4.13. The number of hydrazone groups is 1. The molecule has 2 atom stereocenters. The molecule has 0 saturated carbocycles. The number of alkyl carbamates (subject to hydrolysis) is 2. The molecule has 2 unspecified atom stereocenters. The van der Waals surface area contributed by atoms with E-state index in [9.17, 15) is 19.2 Å². The predicted molar refractivity (Wildman–Crippen MR) is 131 cm³/mol. The van der Waals surface area contributed by atoms with Gasteiger partial charge in [0.1, 0.15) is 11.2 Å². The van der Waals surface area contributed by atoms with E-state index >= 15 is 0 Å². The van der Waals surface area contributed by atoms with Crippen LogP contribution >= 0.6 is 0 Å². The van der Waals surface area contributed by atoms with Gasteiger partial charge in [0.25, 0.3) is 0 Å². The number of nitrogens with zero attached hydrogens (tertiary/aromatic N) is 2. The highest BCUT2D eigenvalue weighted by Gasteiger charge is 2.26. The summed E-state index contributed by atoms with van der Waals surface area (Å²) in [5.41, 5.74) is 0.827. The molecule has 0 aromatic carbocycles. The molecule has 0 aliphatic carbocycles. The number of hydrogen-bond donors (Lipinski definition) is 5. The minimum Gasteiger partial charge on any atom is -0.444 e. The number of carbonyl (C=O) groups excluding carboxylic acids is 4. The molecule has 1 heterocycles. The van der Waals surface area contributed by atoms with Crippen LogP contribution in [0.1, 0.15) is 67.7 Å². The van der Waals surface area contributed by atoms with E-state index < -0.39 is 29.4 Å². The van der Waals surface area contributed by atoms with E-state index in [1.54, 1.807) is 41.5 Å². The van der Waals surface area contributed by atoms with Crippen LogP contribution in [0.25, 0.3) is 0 Å². The molecule has 35 heavy (non-hydrogen) atoms. The summed E-state index contributed by atoms with van der Waals surface area (Å²) in [5.74, 6) is -0.611. The van der Waals surface area contributed by atoms with Gasteiger partial charge in [0.15, 0.2) is 0 Å². The molecule has 198 valence electrons. The maximum atomic E-state index is 12.3. The van der Waals surface area contributed by atoms with Crippen LogP contribution in [-0.2, 0) is 19.1 Å². The Balaban J connectivity index is 2.77. The smallest absolute Gasteiger partial charge is 0.414 e. The van der Waals surface area contributed by atoms with Gasteiger partial charge in [0.05, 0.1) is 12.1 Å². The zero-order valence-corrected chi connectivity index (χ0v) is 21.6. The number of aliphatic imine (C=N–C) groups is 1. The van der Waals surface area contributed by atoms with Crippen molar-refractivity contribution in [3.05, 3.63) is 0 Å². The van der Waals surface area contributed by atoms with E-state index in [2.05, 4.69) is 36.8 Å². The summed E-state index contributed by atoms with van der Waals surface area (Å²) in [4.78, 5) is 51.9. The summed E-state index contributed by atoms with van der Waals surface area (Å²) < 4.78 is 10.4. The molecule has 4 amide bonds. The van der Waals surface area contributed by atoms with Gasteiger partial charge >= 0.3 is 12.2 Å². The van der Waals surface area contributed by atoms with Crippen molar-refractivity contribution < 1.29 is 28.7 Å². The quantitative estimate of drug-likeness (QED) is 0.145. The molecular weight excluding hydrogens is 458 g/mol. The van der Waals surface area contributed by atoms with Crippen LogP contribution in [0.15, 0.2) is 10.1 Å². The van der Waals surface area contributed by atoms with Crippen LogP contribution in [0.4, 0.5) is 9.59 Å². The Kier molecular flexibility index (Phi) is 11.6. The van der Waals surface area contributed by atoms with Gasteiger partial charge in [-0.25, -0.2) is 15.0 Å². The molecule has 1 rings (SSSR count). The Morgan fingerprint density at radius 1 is 1.03 bits per heavy atom. The lowest BCUT2D eigenvalue weighted by molar-refractivity contribution is -0.125. The maximum absolute atomic E-state index is 12.3. The molecule has 1 fully saturated rings. The molecule has 1 aliphatic heterocycles. The fraction of sp³-hybridized carbons (Fsp3) is 0.727. The van der Waals surface area contributed by atoms with Crippen molar-refractivity contribution in [3.8, 4) is 0 Å². The highest BCUT2D eigenvalue weighted by atomic mass is 16.6. The molecule has 13 nitrogen and oxygen atoms in total. The standard InChI is InChI=1S/C22H39N7O6/c1-14(30)29-25-13-15(26-17(31)16-10-12-23-16)9-8-11-24-18(27-19(32)34-21(2,3)4)28-20(33)35-22(5,6)7/h13,15-16,23H,8-12H2,1-7H3,(H,26,31)(H,29,30)(H2,24,27,28,32,33)/b25-13+. The third kappa shape index (κ3) is 14.6. The van der Waals surface area contributed by atoms with Crippen LogP contribution in [0.2, 0.25) is 0 Å². The molecule has 13 heteroatoms. The normalized spacial score (nSPS) is 16.4. The number of ether oxygens (including phenoxy) is 2. The average molecular weight is 498 g/mol. The second-order valence-electron chi connectivity index (χ2n) is 9.98. The Morgan fingerprint density at radius 3 is 2.00 bits per heavy atom. The van der Waals surface area contributed by atoms with E-state index in [1.807, 2.05) is 0 Å². The Hall–Kier alpha value is -3.22. The molecule has 0 aromatic heterocycles. The SMILES string of the molecule is CC(=O)N/N=C/C(CCCN=C(NC(=O)OC(C)(C)C)NC(=O)OC(C)(C)C)NC(=O)C1CCN1. The number of hydrogen-bond acceptors (Lipinski definition) is 9. The lowest BCUT2D eigenvalue weighted by Gasteiger charge is -2.27. The molecular formula is C22H39N7O6. The Bertz CT molecular complexity index is 778. The van der Waals surface area contributed by atoms with Crippen molar-refractivity contribution in [2.45, 2.75) is 91.0 Å². The number of amides is 4. The molecule has 1 saturated heterocycles. The first-order valence-corrected chi connectivity index (χ1v) is 11.5.